The summed E-state index contributed by atoms with van der Waals surface area (Å²) in [7, 11) is 0. The summed E-state index contributed by atoms with van der Waals surface area (Å²) < 4.78 is 5.07. The van der Waals surface area contributed by atoms with Crippen LogP contribution in [-0.4, -0.2) is 10.1 Å². The van der Waals surface area contributed by atoms with E-state index in [4.69, 9.17) is 4.52 Å². The minimum atomic E-state index is -0.114. The van der Waals surface area contributed by atoms with Crippen LogP contribution in [-0.2, 0) is 6.54 Å². The number of hydrogen-bond donors (Lipinski definition) is 2. The molecule has 0 aliphatic rings. The summed E-state index contributed by atoms with van der Waals surface area (Å²) in [6.07, 6.45) is 0. The summed E-state index contributed by atoms with van der Waals surface area (Å²) in [6.45, 7) is 2.51. The monoisotopic (exact) mass is 281 g/mol. The summed E-state index contributed by atoms with van der Waals surface area (Å²) in [6, 6.07) is 15.0. The van der Waals surface area contributed by atoms with E-state index >= 15 is 0 Å². The Morgan fingerprint density at radius 2 is 2.00 bits per heavy atom. The molecule has 3 rings (SSSR count). The van der Waals surface area contributed by atoms with Crippen LogP contribution in [0, 0.1) is 6.92 Å². The fourth-order valence-electron chi connectivity index (χ4n) is 2.04. The molecule has 0 aliphatic carbocycles. The zero-order valence-corrected chi connectivity index (χ0v) is 11.6. The maximum Gasteiger partial charge on any atom is 0.249 e. The van der Waals surface area contributed by atoms with E-state index in [1.165, 1.54) is 6.07 Å². The molecule has 0 saturated carbocycles. The van der Waals surface area contributed by atoms with E-state index in [0.717, 1.165) is 22.6 Å². The molecule has 2 N–H and O–H groups in total. The quantitative estimate of drug-likeness (QED) is 0.771. The molecule has 106 valence electrons. The first kappa shape index (κ1) is 13.2. The van der Waals surface area contributed by atoms with Crippen molar-refractivity contribution in [2.45, 2.75) is 13.5 Å². The van der Waals surface area contributed by atoms with Crippen molar-refractivity contribution < 1.29 is 4.52 Å². The van der Waals surface area contributed by atoms with Gasteiger partial charge in [0.1, 0.15) is 17.3 Å². The summed E-state index contributed by atoms with van der Waals surface area (Å²) in [4.78, 5) is 13.9. The lowest BCUT2D eigenvalue weighted by Gasteiger charge is -2.06. The third-order valence-electron chi connectivity index (χ3n) is 3.13. The average molecular weight is 281 g/mol. The number of H-pyrrole nitrogens is 1. The molecule has 2 aromatic heterocycles. The fraction of sp³-hybridized carbons (Fsp3) is 0.125. The van der Waals surface area contributed by atoms with Gasteiger partial charge in [0.05, 0.1) is 0 Å². The Labute approximate surface area is 121 Å². The highest BCUT2D eigenvalue weighted by Crippen LogP contribution is 2.19. The van der Waals surface area contributed by atoms with Gasteiger partial charge in [-0.05, 0) is 18.6 Å². The highest BCUT2D eigenvalue weighted by molar-refractivity contribution is 5.59. The van der Waals surface area contributed by atoms with E-state index in [1.807, 2.05) is 43.3 Å². The van der Waals surface area contributed by atoms with Gasteiger partial charge in [0.15, 0.2) is 0 Å². The summed E-state index contributed by atoms with van der Waals surface area (Å²) in [5, 5.41) is 7.16. The molecule has 5 nitrogen and oxygen atoms in total. The van der Waals surface area contributed by atoms with Gasteiger partial charge < -0.3 is 14.8 Å². The highest BCUT2D eigenvalue weighted by Gasteiger charge is 2.03. The molecule has 0 saturated heterocycles. The number of anilines is 1. The number of benzene rings is 1. The molecule has 0 spiro atoms. The van der Waals surface area contributed by atoms with Gasteiger partial charge in [-0.1, -0.05) is 35.5 Å². The molecule has 0 aliphatic heterocycles. The molecule has 0 unspecified atom stereocenters. The smallest absolute Gasteiger partial charge is 0.249 e. The first-order valence-corrected chi connectivity index (χ1v) is 6.66. The van der Waals surface area contributed by atoms with Crippen molar-refractivity contribution in [2.75, 3.05) is 5.32 Å². The first-order chi connectivity index (χ1) is 10.2. The van der Waals surface area contributed by atoms with E-state index < -0.39 is 0 Å². The Balaban J connectivity index is 1.68. The number of pyridine rings is 1. The predicted molar refractivity (Wildman–Crippen MR) is 81.1 cm³/mol. The van der Waals surface area contributed by atoms with E-state index in [1.54, 1.807) is 6.07 Å². The van der Waals surface area contributed by atoms with Gasteiger partial charge in [-0.2, -0.15) is 0 Å². The molecule has 21 heavy (non-hydrogen) atoms. The van der Waals surface area contributed by atoms with Crippen LogP contribution < -0.4 is 10.9 Å². The van der Waals surface area contributed by atoms with E-state index in [-0.39, 0.29) is 5.56 Å². The molecule has 0 fully saturated rings. The predicted octanol–water partition coefficient (Wildman–Crippen LogP) is 2.95. The number of hydrogen-bond acceptors (Lipinski definition) is 4. The van der Waals surface area contributed by atoms with Crippen molar-refractivity contribution in [1.82, 2.24) is 10.1 Å². The molecule has 0 bridgehead atoms. The molecule has 1 aromatic carbocycles. The molecule has 2 heterocycles. The molecule has 3 aromatic rings. The van der Waals surface area contributed by atoms with Gasteiger partial charge in [0, 0.05) is 24.2 Å². The van der Waals surface area contributed by atoms with E-state index in [2.05, 4.69) is 15.5 Å². The second kappa shape index (κ2) is 5.66. The first-order valence-electron chi connectivity index (χ1n) is 6.66. The van der Waals surface area contributed by atoms with Crippen LogP contribution in [0.25, 0.3) is 11.3 Å². The van der Waals surface area contributed by atoms with Crippen LogP contribution in [0.5, 0.6) is 0 Å². The topological polar surface area (TPSA) is 70.9 Å². The van der Waals surface area contributed by atoms with Crippen molar-refractivity contribution in [1.29, 1.82) is 0 Å². The van der Waals surface area contributed by atoms with Crippen LogP contribution in [0.1, 0.15) is 11.3 Å². The lowest BCUT2D eigenvalue weighted by molar-refractivity contribution is 0.399. The zero-order chi connectivity index (χ0) is 14.7. The number of nitrogens with zero attached hydrogens (tertiary/aromatic N) is 1. The summed E-state index contributed by atoms with van der Waals surface area (Å²) in [5.41, 5.74) is 2.85. The largest absolute Gasteiger partial charge is 0.367 e. The second-order valence-corrected chi connectivity index (χ2v) is 4.80. The Kier molecular flexibility index (Phi) is 3.55. The molecule has 0 atom stereocenters. The summed E-state index contributed by atoms with van der Waals surface area (Å²) >= 11 is 0. The van der Waals surface area contributed by atoms with E-state index in [0.29, 0.717) is 12.4 Å². The van der Waals surface area contributed by atoms with Gasteiger partial charge in [-0.15, -0.1) is 0 Å². The lowest BCUT2D eigenvalue weighted by Crippen LogP contribution is -2.08. The van der Waals surface area contributed by atoms with Crippen molar-refractivity contribution in [3.63, 3.8) is 0 Å². The molecule has 0 radical (unpaired) electrons. The zero-order valence-electron chi connectivity index (χ0n) is 11.6. The van der Waals surface area contributed by atoms with Crippen LogP contribution in [0.15, 0.2) is 57.8 Å². The molecular formula is C16H15N3O2. The highest BCUT2D eigenvalue weighted by atomic mass is 16.5. The third kappa shape index (κ3) is 3.20. The van der Waals surface area contributed by atoms with Crippen LogP contribution in [0.4, 0.5) is 5.82 Å². The molecular weight excluding hydrogens is 266 g/mol. The maximum atomic E-state index is 11.2. The van der Waals surface area contributed by atoms with Crippen LogP contribution in [0.2, 0.25) is 0 Å². The normalized spacial score (nSPS) is 10.5. The van der Waals surface area contributed by atoms with Crippen LogP contribution >= 0.6 is 0 Å². The minimum Gasteiger partial charge on any atom is -0.367 e. The number of aromatic amines is 1. The van der Waals surface area contributed by atoms with Crippen molar-refractivity contribution in [3.8, 4) is 11.3 Å². The lowest BCUT2D eigenvalue weighted by atomic mass is 10.1. The van der Waals surface area contributed by atoms with Crippen molar-refractivity contribution in [2.24, 2.45) is 0 Å². The SMILES string of the molecule is Cc1cc(-c2ccc(CNc3cccc(=O)[nH]3)cc2)no1. The Morgan fingerprint density at radius 3 is 2.67 bits per heavy atom. The van der Waals surface area contributed by atoms with Gasteiger partial charge in [-0.25, -0.2) is 0 Å². The van der Waals surface area contributed by atoms with Gasteiger partial charge in [0.25, 0.3) is 0 Å². The molecule has 0 amide bonds. The van der Waals surface area contributed by atoms with Crippen molar-refractivity contribution in [3.05, 3.63) is 70.2 Å². The Hall–Kier alpha value is -2.82. The van der Waals surface area contributed by atoms with Crippen molar-refractivity contribution >= 4 is 5.82 Å². The minimum absolute atomic E-state index is 0.114. The average Bonchev–Trinajstić information content (AvgIpc) is 2.92. The summed E-state index contributed by atoms with van der Waals surface area (Å²) in [5.74, 6) is 1.50. The maximum absolute atomic E-state index is 11.2. The Morgan fingerprint density at radius 1 is 1.19 bits per heavy atom. The van der Waals surface area contributed by atoms with E-state index in [9.17, 15) is 4.79 Å². The van der Waals surface area contributed by atoms with Gasteiger partial charge >= 0.3 is 0 Å². The standard InChI is InChI=1S/C16H15N3O2/c1-11-9-14(19-21-11)13-7-5-12(6-8-13)10-17-15-3-2-4-16(20)18-15/h2-9H,10H2,1H3,(H2,17,18,20). The van der Waals surface area contributed by atoms with Crippen LogP contribution in [0.3, 0.4) is 0 Å². The second-order valence-electron chi connectivity index (χ2n) is 4.80. The number of nitrogens with one attached hydrogen (secondary N) is 2. The number of aromatic nitrogens is 2. The fourth-order valence-corrected chi connectivity index (χ4v) is 2.04. The third-order valence-corrected chi connectivity index (χ3v) is 3.13. The van der Waals surface area contributed by atoms with Gasteiger partial charge in [0.2, 0.25) is 5.56 Å². The Bertz CT molecular complexity index is 788. The number of rotatable bonds is 4. The van der Waals surface area contributed by atoms with Gasteiger partial charge in [-0.3, -0.25) is 4.79 Å². The molecule has 5 heteroatoms. The number of aryl methyl sites for hydroxylation is 1.